The fourth-order valence-corrected chi connectivity index (χ4v) is 2.71. The molecule has 1 aromatic rings. The van der Waals surface area contributed by atoms with Crippen molar-refractivity contribution < 1.29 is 13.8 Å². The van der Waals surface area contributed by atoms with Crippen LogP contribution < -0.4 is 10.0 Å². The molecule has 0 aliphatic heterocycles. The molecule has 1 atom stereocenters. The van der Waals surface area contributed by atoms with Crippen molar-refractivity contribution in [2.24, 2.45) is 0 Å². The first kappa shape index (κ1) is 11.3. The van der Waals surface area contributed by atoms with E-state index in [-0.39, 0.29) is 0 Å². The molecule has 3 nitrogen and oxygen atoms in total. The third-order valence-corrected chi connectivity index (χ3v) is 4.65. The van der Waals surface area contributed by atoms with E-state index >= 15 is 0 Å². The van der Waals surface area contributed by atoms with Gasteiger partial charge in [0.15, 0.2) is 0 Å². The van der Waals surface area contributed by atoms with E-state index in [1.54, 1.807) is 19.2 Å². The molecule has 0 N–H and O–H groups in total. The van der Waals surface area contributed by atoms with Crippen LogP contribution in [0.5, 0.6) is 5.75 Å². The Morgan fingerprint density at radius 2 is 2.07 bits per heavy atom. The van der Waals surface area contributed by atoms with E-state index in [1.807, 2.05) is 19.1 Å². The first-order chi connectivity index (χ1) is 6.66. The SMILES string of the molecule is CCP(=O)(OC)c1cccc(OC)c1. The summed E-state index contributed by atoms with van der Waals surface area (Å²) in [6.07, 6.45) is 0.497. The lowest BCUT2D eigenvalue weighted by molar-refractivity contribution is 0.402. The molecular weight excluding hydrogens is 199 g/mol. The average Bonchev–Trinajstić information content (AvgIpc) is 2.28. The zero-order valence-electron chi connectivity index (χ0n) is 8.69. The molecule has 0 radical (unpaired) electrons. The minimum absolute atomic E-state index is 0.497. The zero-order valence-corrected chi connectivity index (χ0v) is 9.58. The van der Waals surface area contributed by atoms with Gasteiger partial charge >= 0.3 is 0 Å². The summed E-state index contributed by atoms with van der Waals surface area (Å²) in [6.45, 7) is 1.85. The maximum atomic E-state index is 12.1. The third kappa shape index (κ3) is 2.17. The minimum Gasteiger partial charge on any atom is -0.497 e. The maximum absolute atomic E-state index is 12.1. The van der Waals surface area contributed by atoms with Gasteiger partial charge in [0.25, 0.3) is 0 Å². The van der Waals surface area contributed by atoms with Crippen LogP contribution in [0.4, 0.5) is 0 Å². The lowest BCUT2D eigenvalue weighted by atomic mass is 10.3. The monoisotopic (exact) mass is 214 g/mol. The van der Waals surface area contributed by atoms with Gasteiger partial charge in [0, 0.05) is 18.6 Å². The Morgan fingerprint density at radius 3 is 2.57 bits per heavy atom. The molecule has 0 aromatic heterocycles. The van der Waals surface area contributed by atoms with Crippen LogP contribution in [0.15, 0.2) is 24.3 Å². The Morgan fingerprint density at radius 1 is 1.36 bits per heavy atom. The van der Waals surface area contributed by atoms with Crippen LogP contribution in [0.2, 0.25) is 0 Å². The largest absolute Gasteiger partial charge is 0.497 e. The van der Waals surface area contributed by atoms with Crippen molar-refractivity contribution in [2.45, 2.75) is 6.92 Å². The first-order valence-electron chi connectivity index (χ1n) is 4.45. The number of ether oxygens (including phenoxy) is 1. The zero-order chi connectivity index (χ0) is 10.6. The molecule has 0 saturated heterocycles. The smallest absolute Gasteiger partial charge is 0.231 e. The normalized spacial score (nSPS) is 14.8. The van der Waals surface area contributed by atoms with Gasteiger partial charge < -0.3 is 9.26 Å². The predicted octanol–water partition coefficient (Wildman–Crippen LogP) is 2.26. The molecule has 1 rings (SSSR count). The van der Waals surface area contributed by atoms with Crippen molar-refractivity contribution in [1.82, 2.24) is 0 Å². The molecule has 4 heteroatoms. The average molecular weight is 214 g/mol. The molecule has 14 heavy (non-hydrogen) atoms. The van der Waals surface area contributed by atoms with Crippen molar-refractivity contribution in [3.05, 3.63) is 24.3 Å². The molecule has 0 saturated carbocycles. The van der Waals surface area contributed by atoms with Crippen LogP contribution in [-0.2, 0) is 9.09 Å². The van der Waals surface area contributed by atoms with Gasteiger partial charge in [-0.05, 0) is 18.2 Å². The van der Waals surface area contributed by atoms with E-state index in [4.69, 9.17) is 9.26 Å². The second-order valence-electron chi connectivity index (χ2n) is 2.87. The molecule has 1 aromatic carbocycles. The second-order valence-corrected chi connectivity index (χ2v) is 5.73. The van der Waals surface area contributed by atoms with Crippen molar-refractivity contribution in [2.75, 3.05) is 20.4 Å². The van der Waals surface area contributed by atoms with Gasteiger partial charge in [-0.25, -0.2) is 0 Å². The number of rotatable bonds is 4. The van der Waals surface area contributed by atoms with Gasteiger partial charge in [-0.2, -0.15) is 0 Å². The van der Waals surface area contributed by atoms with E-state index < -0.39 is 7.37 Å². The predicted molar refractivity (Wildman–Crippen MR) is 57.8 cm³/mol. The molecule has 0 aliphatic carbocycles. The molecule has 78 valence electrons. The Hall–Kier alpha value is -0.790. The third-order valence-electron chi connectivity index (χ3n) is 2.16. The van der Waals surface area contributed by atoms with Crippen LogP contribution in [0, 0.1) is 0 Å². The number of benzene rings is 1. The highest BCUT2D eigenvalue weighted by Crippen LogP contribution is 2.44. The Bertz CT molecular complexity index is 341. The number of methoxy groups -OCH3 is 1. The van der Waals surface area contributed by atoms with Gasteiger partial charge in [0.05, 0.1) is 7.11 Å². The summed E-state index contributed by atoms with van der Waals surface area (Å²) in [5.74, 6) is 0.702. The molecule has 0 bridgehead atoms. The second kappa shape index (κ2) is 4.63. The van der Waals surface area contributed by atoms with Gasteiger partial charge in [-0.3, -0.25) is 4.57 Å². The van der Waals surface area contributed by atoms with Crippen LogP contribution in [0.1, 0.15) is 6.92 Å². The molecular formula is C10H15O3P. The van der Waals surface area contributed by atoms with E-state index in [1.165, 1.54) is 7.11 Å². The van der Waals surface area contributed by atoms with Gasteiger partial charge in [0.1, 0.15) is 5.75 Å². The lowest BCUT2D eigenvalue weighted by Gasteiger charge is -2.14. The Labute approximate surface area is 84.5 Å². The molecule has 0 heterocycles. The highest BCUT2D eigenvalue weighted by atomic mass is 31.2. The van der Waals surface area contributed by atoms with Crippen molar-refractivity contribution in [3.63, 3.8) is 0 Å². The highest BCUT2D eigenvalue weighted by Gasteiger charge is 2.21. The van der Waals surface area contributed by atoms with E-state index in [2.05, 4.69) is 0 Å². The summed E-state index contributed by atoms with van der Waals surface area (Å²) < 4.78 is 22.3. The quantitative estimate of drug-likeness (QED) is 0.721. The lowest BCUT2D eigenvalue weighted by Crippen LogP contribution is -2.08. The Balaban J connectivity index is 3.11. The van der Waals surface area contributed by atoms with Gasteiger partial charge in [-0.1, -0.05) is 13.0 Å². The van der Waals surface area contributed by atoms with Gasteiger partial charge in [-0.15, -0.1) is 0 Å². The summed E-state index contributed by atoms with van der Waals surface area (Å²) in [5, 5.41) is 0.710. The van der Waals surface area contributed by atoms with Crippen LogP contribution in [0.25, 0.3) is 0 Å². The fraction of sp³-hybridized carbons (Fsp3) is 0.400. The fourth-order valence-electron chi connectivity index (χ4n) is 1.24. The van der Waals surface area contributed by atoms with E-state index in [0.717, 1.165) is 0 Å². The van der Waals surface area contributed by atoms with Gasteiger partial charge in [0.2, 0.25) is 7.37 Å². The molecule has 0 fully saturated rings. The summed E-state index contributed by atoms with van der Waals surface area (Å²) in [6, 6.07) is 7.19. The topological polar surface area (TPSA) is 35.5 Å². The Kier molecular flexibility index (Phi) is 3.73. The minimum atomic E-state index is -2.65. The molecule has 1 unspecified atom stereocenters. The maximum Gasteiger partial charge on any atom is 0.231 e. The summed E-state index contributed by atoms with van der Waals surface area (Å²) in [5.41, 5.74) is 0. The summed E-state index contributed by atoms with van der Waals surface area (Å²) in [7, 11) is 0.408. The number of hydrogen-bond acceptors (Lipinski definition) is 3. The summed E-state index contributed by atoms with van der Waals surface area (Å²) in [4.78, 5) is 0. The van der Waals surface area contributed by atoms with E-state index in [0.29, 0.717) is 17.2 Å². The van der Waals surface area contributed by atoms with Crippen LogP contribution >= 0.6 is 7.37 Å². The van der Waals surface area contributed by atoms with Crippen molar-refractivity contribution in [1.29, 1.82) is 0 Å². The highest BCUT2D eigenvalue weighted by molar-refractivity contribution is 7.66. The molecule has 0 amide bonds. The number of hydrogen-bond donors (Lipinski definition) is 0. The van der Waals surface area contributed by atoms with E-state index in [9.17, 15) is 4.57 Å². The summed E-state index contributed by atoms with van der Waals surface area (Å²) >= 11 is 0. The van der Waals surface area contributed by atoms with Crippen LogP contribution in [-0.4, -0.2) is 20.4 Å². The standard InChI is InChI=1S/C10H15O3P/c1-4-14(11,13-3)10-7-5-6-9(8-10)12-2/h5-8H,4H2,1-3H3. The van der Waals surface area contributed by atoms with Crippen molar-refractivity contribution >= 4 is 12.7 Å². The molecule has 0 aliphatic rings. The van der Waals surface area contributed by atoms with Crippen molar-refractivity contribution in [3.8, 4) is 5.75 Å². The van der Waals surface area contributed by atoms with Crippen LogP contribution in [0.3, 0.4) is 0 Å². The first-order valence-corrected chi connectivity index (χ1v) is 6.26. The molecule has 0 spiro atoms.